The summed E-state index contributed by atoms with van der Waals surface area (Å²) in [6.07, 6.45) is 7.33. The van der Waals surface area contributed by atoms with E-state index in [-0.39, 0.29) is 11.3 Å². The average Bonchev–Trinajstić information content (AvgIpc) is 2.78. The quantitative estimate of drug-likeness (QED) is 0.543. The summed E-state index contributed by atoms with van der Waals surface area (Å²) < 4.78 is 6.98. The number of para-hydroxylation sites is 3. The van der Waals surface area contributed by atoms with E-state index in [0.717, 1.165) is 12.0 Å². The van der Waals surface area contributed by atoms with Crippen LogP contribution in [0.1, 0.15) is 23.9 Å². The predicted molar refractivity (Wildman–Crippen MR) is 118 cm³/mol. The molecular formula is C24H21N3O3. The zero-order chi connectivity index (χ0) is 21.1. The topological polar surface area (TPSA) is 77.2 Å². The highest BCUT2D eigenvalue weighted by atomic mass is 16.5. The Morgan fingerprint density at radius 1 is 1.10 bits per heavy atom. The third-order valence-electron chi connectivity index (χ3n) is 4.97. The maximum absolute atomic E-state index is 13.4. The van der Waals surface area contributed by atoms with Gasteiger partial charge in [-0.1, -0.05) is 37.3 Å². The summed E-state index contributed by atoms with van der Waals surface area (Å²) >= 11 is 0. The maximum atomic E-state index is 13.4. The molecule has 2 heterocycles. The van der Waals surface area contributed by atoms with E-state index in [0.29, 0.717) is 33.7 Å². The molecule has 4 aromatic rings. The summed E-state index contributed by atoms with van der Waals surface area (Å²) in [5, 5.41) is 11.0. The molecule has 150 valence electrons. The molecule has 0 atom stereocenters. The van der Waals surface area contributed by atoms with Crippen LogP contribution in [0.25, 0.3) is 28.7 Å². The molecular weight excluding hydrogens is 378 g/mol. The Kier molecular flexibility index (Phi) is 5.30. The van der Waals surface area contributed by atoms with E-state index in [2.05, 4.69) is 9.97 Å². The highest BCUT2D eigenvalue weighted by Crippen LogP contribution is 2.26. The van der Waals surface area contributed by atoms with Gasteiger partial charge in [-0.15, -0.1) is 0 Å². The molecule has 2 aromatic heterocycles. The van der Waals surface area contributed by atoms with Gasteiger partial charge in [-0.25, -0.2) is 4.98 Å². The molecule has 0 saturated carbocycles. The van der Waals surface area contributed by atoms with Crippen LogP contribution < -0.4 is 10.3 Å². The molecule has 6 heteroatoms. The molecule has 0 aliphatic rings. The number of phenolic OH excluding ortho intramolecular Hbond substituents is 1. The lowest BCUT2D eigenvalue weighted by atomic mass is 10.1. The van der Waals surface area contributed by atoms with Gasteiger partial charge < -0.3 is 9.84 Å². The summed E-state index contributed by atoms with van der Waals surface area (Å²) in [5.74, 6) is 1.19. The number of benzene rings is 2. The zero-order valence-electron chi connectivity index (χ0n) is 16.7. The van der Waals surface area contributed by atoms with Crippen molar-refractivity contribution < 1.29 is 9.84 Å². The fourth-order valence-corrected chi connectivity index (χ4v) is 3.41. The number of hydrogen-bond donors (Lipinski definition) is 1. The Labute approximate surface area is 173 Å². The number of aromatic hydroxyl groups is 1. The van der Waals surface area contributed by atoms with Gasteiger partial charge in [0.1, 0.15) is 17.3 Å². The van der Waals surface area contributed by atoms with Gasteiger partial charge in [-0.2, -0.15) is 0 Å². The van der Waals surface area contributed by atoms with Crippen molar-refractivity contribution >= 4 is 23.1 Å². The minimum atomic E-state index is -0.224. The normalized spacial score (nSPS) is 11.3. The lowest BCUT2D eigenvalue weighted by Gasteiger charge is -2.14. The van der Waals surface area contributed by atoms with Crippen LogP contribution in [0, 0.1) is 0 Å². The van der Waals surface area contributed by atoms with Crippen LogP contribution >= 0.6 is 0 Å². The van der Waals surface area contributed by atoms with Crippen molar-refractivity contribution in [2.75, 3.05) is 7.11 Å². The van der Waals surface area contributed by atoms with Crippen LogP contribution in [0.3, 0.4) is 0 Å². The number of methoxy groups -OCH3 is 1. The zero-order valence-corrected chi connectivity index (χ0v) is 16.7. The van der Waals surface area contributed by atoms with Gasteiger partial charge in [0.2, 0.25) is 0 Å². The molecule has 1 N–H and O–H groups in total. The van der Waals surface area contributed by atoms with Gasteiger partial charge >= 0.3 is 0 Å². The number of nitrogens with zero attached hydrogens (tertiary/aromatic N) is 3. The fraction of sp³-hybridized carbons (Fsp3) is 0.125. The van der Waals surface area contributed by atoms with Crippen LogP contribution in [0.2, 0.25) is 0 Å². The predicted octanol–water partition coefficient (Wildman–Crippen LogP) is 4.23. The number of hydrogen-bond acceptors (Lipinski definition) is 5. The first-order valence-electron chi connectivity index (χ1n) is 9.63. The van der Waals surface area contributed by atoms with Crippen molar-refractivity contribution in [2.24, 2.45) is 0 Å². The number of fused-ring (bicyclic) bond motifs is 1. The molecule has 0 bridgehead atoms. The number of aryl methyl sites for hydroxylation is 1. The Morgan fingerprint density at radius 3 is 2.73 bits per heavy atom. The molecule has 0 aliphatic carbocycles. The number of aromatic nitrogens is 3. The first kappa shape index (κ1) is 19.4. The first-order chi connectivity index (χ1) is 14.6. The number of ether oxygens (including phenoxy) is 1. The molecule has 30 heavy (non-hydrogen) atoms. The monoisotopic (exact) mass is 399 g/mol. The van der Waals surface area contributed by atoms with Crippen LogP contribution in [0.15, 0.2) is 65.7 Å². The Bertz CT molecular complexity index is 1310. The second kappa shape index (κ2) is 8.21. The van der Waals surface area contributed by atoms with E-state index in [1.54, 1.807) is 49.9 Å². The average molecular weight is 399 g/mol. The third-order valence-corrected chi connectivity index (χ3v) is 4.97. The SMILES string of the molecule is CCc1cccc(/C=C/c2nc3cnccc3c(=O)n2-c2ccccc2OC)c1O. The van der Waals surface area contributed by atoms with Gasteiger partial charge in [0, 0.05) is 11.8 Å². The van der Waals surface area contributed by atoms with Crippen LogP contribution in [-0.4, -0.2) is 26.8 Å². The van der Waals surface area contributed by atoms with Crippen LogP contribution in [0.5, 0.6) is 11.5 Å². The van der Waals surface area contributed by atoms with Crippen molar-refractivity contribution in [3.8, 4) is 17.2 Å². The minimum absolute atomic E-state index is 0.224. The minimum Gasteiger partial charge on any atom is -0.507 e. The van der Waals surface area contributed by atoms with Gasteiger partial charge in [-0.3, -0.25) is 14.3 Å². The molecule has 6 nitrogen and oxygen atoms in total. The van der Waals surface area contributed by atoms with Crippen molar-refractivity contribution in [1.82, 2.24) is 14.5 Å². The molecule has 0 fully saturated rings. The molecule has 0 saturated heterocycles. The Morgan fingerprint density at radius 2 is 1.93 bits per heavy atom. The smallest absolute Gasteiger partial charge is 0.266 e. The summed E-state index contributed by atoms with van der Waals surface area (Å²) in [6, 6.07) is 14.5. The van der Waals surface area contributed by atoms with E-state index >= 15 is 0 Å². The highest BCUT2D eigenvalue weighted by Gasteiger charge is 2.14. The Balaban J connectivity index is 1.96. The lowest BCUT2D eigenvalue weighted by Crippen LogP contribution is -2.23. The van der Waals surface area contributed by atoms with Gasteiger partial charge in [-0.05, 0) is 42.3 Å². The number of phenols is 1. The fourth-order valence-electron chi connectivity index (χ4n) is 3.41. The van der Waals surface area contributed by atoms with Crippen LogP contribution in [-0.2, 0) is 6.42 Å². The molecule has 0 radical (unpaired) electrons. The number of rotatable bonds is 5. The summed E-state index contributed by atoms with van der Waals surface area (Å²) in [5.41, 5.74) is 2.37. The van der Waals surface area contributed by atoms with E-state index < -0.39 is 0 Å². The third kappa shape index (κ3) is 3.43. The molecule has 4 rings (SSSR count). The van der Waals surface area contributed by atoms with E-state index in [1.165, 1.54) is 4.57 Å². The van der Waals surface area contributed by atoms with Crippen LogP contribution in [0.4, 0.5) is 0 Å². The van der Waals surface area contributed by atoms with Crippen molar-refractivity contribution in [3.05, 3.63) is 88.2 Å². The molecule has 0 amide bonds. The molecule has 0 spiro atoms. The van der Waals surface area contributed by atoms with Gasteiger partial charge in [0.15, 0.2) is 0 Å². The lowest BCUT2D eigenvalue weighted by molar-refractivity contribution is 0.412. The van der Waals surface area contributed by atoms with Crippen molar-refractivity contribution in [1.29, 1.82) is 0 Å². The second-order valence-electron chi connectivity index (χ2n) is 6.72. The molecule has 0 unspecified atom stereocenters. The summed E-state index contributed by atoms with van der Waals surface area (Å²) in [4.78, 5) is 22.1. The maximum Gasteiger partial charge on any atom is 0.266 e. The largest absolute Gasteiger partial charge is 0.507 e. The van der Waals surface area contributed by atoms with Gasteiger partial charge in [0.05, 0.1) is 29.9 Å². The van der Waals surface area contributed by atoms with E-state index in [4.69, 9.17) is 4.74 Å². The Hall–Kier alpha value is -3.93. The summed E-state index contributed by atoms with van der Waals surface area (Å²) in [7, 11) is 1.56. The summed E-state index contributed by atoms with van der Waals surface area (Å²) in [6.45, 7) is 1.99. The van der Waals surface area contributed by atoms with Crippen molar-refractivity contribution in [3.63, 3.8) is 0 Å². The molecule has 2 aromatic carbocycles. The highest BCUT2D eigenvalue weighted by molar-refractivity contribution is 5.80. The van der Waals surface area contributed by atoms with E-state index in [1.807, 2.05) is 37.3 Å². The first-order valence-corrected chi connectivity index (χ1v) is 9.63. The van der Waals surface area contributed by atoms with Crippen molar-refractivity contribution in [2.45, 2.75) is 13.3 Å². The van der Waals surface area contributed by atoms with Gasteiger partial charge in [0.25, 0.3) is 5.56 Å². The second-order valence-corrected chi connectivity index (χ2v) is 6.72. The molecule has 0 aliphatic heterocycles. The van der Waals surface area contributed by atoms with E-state index in [9.17, 15) is 9.90 Å². The standard InChI is InChI=1S/C24H21N3O3/c1-3-16-7-6-8-17(23(16)28)11-12-22-26-19-15-25-14-13-18(19)24(29)27(22)20-9-4-5-10-21(20)30-2/h4-15,28H,3H2,1-2H3/b12-11+. The number of pyridine rings is 1.